The Morgan fingerprint density at radius 3 is 2.55 bits per heavy atom. The van der Waals surface area contributed by atoms with Crippen LogP contribution >= 0.6 is 0 Å². The maximum atomic E-state index is 12.9. The molecule has 8 nitrogen and oxygen atoms in total. The molecule has 0 bridgehead atoms. The number of amides is 1. The SMILES string of the molecule is CC(C)CN(CC(C)C)C1=NNC(C)(c2ncn3c2CN(C)C(=O)c2ccccc2-3)O1. The van der Waals surface area contributed by atoms with Crippen molar-refractivity contribution in [3.05, 3.63) is 47.5 Å². The number of rotatable bonds is 5. The first kappa shape index (κ1) is 21.2. The van der Waals surface area contributed by atoms with Crippen LogP contribution in [0.1, 0.15) is 56.4 Å². The summed E-state index contributed by atoms with van der Waals surface area (Å²) in [5, 5.41) is 4.54. The van der Waals surface area contributed by atoms with Crippen LogP contribution in [0.15, 0.2) is 35.7 Å². The molecule has 1 N–H and O–H groups in total. The highest BCUT2D eigenvalue weighted by atomic mass is 16.6. The second kappa shape index (κ2) is 7.90. The van der Waals surface area contributed by atoms with Crippen LogP contribution in [0.3, 0.4) is 0 Å². The molecule has 0 spiro atoms. The molecule has 0 saturated heterocycles. The average Bonchev–Trinajstić information content (AvgIpc) is 3.28. The van der Waals surface area contributed by atoms with Gasteiger partial charge in [0.1, 0.15) is 12.0 Å². The quantitative estimate of drug-likeness (QED) is 0.798. The van der Waals surface area contributed by atoms with Crippen LogP contribution in [0, 0.1) is 11.8 Å². The zero-order valence-corrected chi connectivity index (χ0v) is 19.2. The number of carbonyl (C=O) groups excluding carboxylic acids is 1. The number of hydrogen-bond donors (Lipinski definition) is 1. The molecule has 2 aromatic rings. The fourth-order valence-electron chi connectivity index (χ4n) is 4.23. The Bertz CT molecular complexity index is 1000. The smallest absolute Gasteiger partial charge is 0.311 e. The molecule has 1 aromatic carbocycles. The molecule has 0 aliphatic carbocycles. The first-order chi connectivity index (χ1) is 14.7. The molecule has 31 heavy (non-hydrogen) atoms. The summed E-state index contributed by atoms with van der Waals surface area (Å²) in [6.45, 7) is 12.9. The number of para-hydroxylation sites is 1. The molecule has 4 rings (SSSR count). The maximum absolute atomic E-state index is 12.9. The number of fused-ring (bicyclic) bond motifs is 3. The van der Waals surface area contributed by atoms with E-state index in [-0.39, 0.29) is 5.91 Å². The molecule has 8 heteroatoms. The number of amidine groups is 1. The van der Waals surface area contributed by atoms with E-state index in [0.29, 0.717) is 30.0 Å². The molecular formula is C23H32N6O2. The van der Waals surface area contributed by atoms with Crippen LogP contribution in [-0.2, 0) is 17.0 Å². The molecule has 2 aliphatic heterocycles. The molecule has 0 radical (unpaired) electrons. The van der Waals surface area contributed by atoms with Crippen LogP contribution < -0.4 is 5.43 Å². The Morgan fingerprint density at radius 1 is 1.19 bits per heavy atom. The predicted molar refractivity (Wildman–Crippen MR) is 120 cm³/mol. The van der Waals surface area contributed by atoms with Crippen LogP contribution in [-0.4, -0.2) is 51.4 Å². The third kappa shape index (κ3) is 3.86. The van der Waals surface area contributed by atoms with E-state index in [1.165, 1.54) is 0 Å². The fraction of sp³-hybridized carbons (Fsp3) is 0.522. The Kier molecular flexibility index (Phi) is 5.41. The number of nitrogens with zero attached hydrogens (tertiary/aromatic N) is 5. The van der Waals surface area contributed by atoms with Gasteiger partial charge in [-0.05, 0) is 24.0 Å². The van der Waals surface area contributed by atoms with Gasteiger partial charge in [0, 0.05) is 27.1 Å². The third-order valence-electron chi connectivity index (χ3n) is 5.55. The average molecular weight is 425 g/mol. The van der Waals surface area contributed by atoms with Gasteiger partial charge in [-0.25, -0.2) is 4.98 Å². The summed E-state index contributed by atoms with van der Waals surface area (Å²) in [6, 6.07) is 8.20. The summed E-state index contributed by atoms with van der Waals surface area (Å²) in [7, 11) is 1.81. The Balaban J connectivity index is 1.67. The number of hydrogen-bond acceptors (Lipinski definition) is 6. The maximum Gasteiger partial charge on any atom is 0.311 e. The van der Waals surface area contributed by atoms with Crippen molar-refractivity contribution < 1.29 is 9.53 Å². The van der Waals surface area contributed by atoms with Gasteiger partial charge in [-0.1, -0.05) is 39.8 Å². The number of carbonyl (C=O) groups is 1. The number of ether oxygens (including phenoxy) is 1. The highest BCUT2D eigenvalue weighted by molar-refractivity contribution is 5.98. The van der Waals surface area contributed by atoms with Crippen molar-refractivity contribution in [1.29, 1.82) is 0 Å². The Morgan fingerprint density at radius 2 is 1.87 bits per heavy atom. The zero-order valence-electron chi connectivity index (χ0n) is 19.2. The van der Waals surface area contributed by atoms with Crippen LogP contribution in [0.25, 0.3) is 5.69 Å². The molecule has 3 heterocycles. The van der Waals surface area contributed by atoms with E-state index >= 15 is 0 Å². The summed E-state index contributed by atoms with van der Waals surface area (Å²) in [5.41, 5.74) is 5.40. The standard InChI is InChI=1S/C23H32N6O2/c1-15(2)11-28(12-16(3)4)22-25-26-23(5,31-22)20-19-13-27(6)21(30)17-9-7-8-10-18(17)29(19)14-24-20/h7-10,14-16,26H,11-13H2,1-6H3. The lowest BCUT2D eigenvalue weighted by molar-refractivity contribution is 0.0412. The number of aromatic nitrogens is 2. The number of nitrogens with one attached hydrogen (secondary N) is 1. The molecule has 2 aliphatic rings. The van der Waals surface area contributed by atoms with Gasteiger partial charge in [0.2, 0.25) is 5.72 Å². The van der Waals surface area contributed by atoms with Gasteiger partial charge in [-0.2, -0.15) is 0 Å². The monoisotopic (exact) mass is 424 g/mol. The van der Waals surface area contributed by atoms with Crippen molar-refractivity contribution in [3.63, 3.8) is 0 Å². The van der Waals surface area contributed by atoms with Gasteiger partial charge < -0.3 is 19.1 Å². The zero-order chi connectivity index (χ0) is 22.3. The normalized spacial score (nSPS) is 20.2. The van der Waals surface area contributed by atoms with E-state index in [2.05, 4.69) is 43.1 Å². The van der Waals surface area contributed by atoms with Crippen LogP contribution in [0.5, 0.6) is 0 Å². The summed E-state index contributed by atoms with van der Waals surface area (Å²) in [5.74, 6) is 0.960. The second-order valence-electron chi connectivity index (χ2n) is 9.42. The molecular weight excluding hydrogens is 392 g/mol. The Hall–Kier alpha value is -3.03. The first-order valence-corrected chi connectivity index (χ1v) is 10.9. The molecule has 0 fully saturated rings. The van der Waals surface area contributed by atoms with E-state index in [4.69, 9.17) is 9.72 Å². The minimum absolute atomic E-state index is 0.00677. The topological polar surface area (TPSA) is 75.0 Å². The molecule has 1 atom stereocenters. The van der Waals surface area contributed by atoms with Crippen molar-refractivity contribution in [2.75, 3.05) is 20.1 Å². The van der Waals surface area contributed by atoms with E-state index in [1.807, 2.05) is 42.8 Å². The van der Waals surface area contributed by atoms with Crippen molar-refractivity contribution in [2.45, 2.75) is 46.9 Å². The third-order valence-corrected chi connectivity index (χ3v) is 5.55. The molecule has 0 saturated carbocycles. The van der Waals surface area contributed by atoms with E-state index < -0.39 is 5.72 Å². The largest absolute Gasteiger partial charge is 0.430 e. The molecule has 1 amide bonds. The van der Waals surface area contributed by atoms with Crippen LogP contribution in [0.2, 0.25) is 0 Å². The van der Waals surface area contributed by atoms with Gasteiger partial charge in [0.05, 0.1) is 23.5 Å². The highest BCUT2D eigenvalue weighted by Gasteiger charge is 2.42. The fourth-order valence-corrected chi connectivity index (χ4v) is 4.23. The summed E-state index contributed by atoms with van der Waals surface area (Å²) in [4.78, 5) is 21.5. The first-order valence-electron chi connectivity index (χ1n) is 10.9. The Labute approximate surface area is 183 Å². The van der Waals surface area contributed by atoms with Gasteiger partial charge in [-0.3, -0.25) is 10.2 Å². The molecule has 1 aromatic heterocycles. The van der Waals surface area contributed by atoms with Gasteiger partial charge in [0.25, 0.3) is 5.91 Å². The summed E-state index contributed by atoms with van der Waals surface area (Å²) >= 11 is 0. The van der Waals surface area contributed by atoms with E-state index in [9.17, 15) is 4.79 Å². The minimum atomic E-state index is -0.911. The minimum Gasteiger partial charge on any atom is -0.430 e. The van der Waals surface area contributed by atoms with Crippen molar-refractivity contribution in [1.82, 2.24) is 24.8 Å². The number of hydrazone groups is 1. The second-order valence-corrected chi connectivity index (χ2v) is 9.42. The summed E-state index contributed by atoms with van der Waals surface area (Å²) in [6.07, 6.45) is 1.77. The lowest BCUT2D eigenvalue weighted by Crippen LogP contribution is -2.41. The lowest BCUT2D eigenvalue weighted by Gasteiger charge is -2.29. The molecule has 166 valence electrons. The van der Waals surface area contributed by atoms with E-state index in [1.54, 1.807) is 11.2 Å². The van der Waals surface area contributed by atoms with E-state index in [0.717, 1.165) is 30.2 Å². The van der Waals surface area contributed by atoms with Crippen molar-refractivity contribution in [3.8, 4) is 5.69 Å². The summed E-state index contributed by atoms with van der Waals surface area (Å²) < 4.78 is 8.39. The highest BCUT2D eigenvalue weighted by Crippen LogP contribution is 2.33. The number of benzene rings is 1. The number of imidazole rings is 1. The predicted octanol–water partition coefficient (Wildman–Crippen LogP) is 3.14. The van der Waals surface area contributed by atoms with Crippen molar-refractivity contribution >= 4 is 11.9 Å². The van der Waals surface area contributed by atoms with Gasteiger partial charge in [0.15, 0.2) is 0 Å². The lowest BCUT2D eigenvalue weighted by atomic mass is 10.1. The van der Waals surface area contributed by atoms with Gasteiger partial charge in [-0.15, -0.1) is 5.10 Å². The molecule has 1 unspecified atom stereocenters. The van der Waals surface area contributed by atoms with Gasteiger partial charge >= 0.3 is 6.02 Å². The van der Waals surface area contributed by atoms with Crippen molar-refractivity contribution in [2.24, 2.45) is 16.9 Å². The van der Waals surface area contributed by atoms with Crippen LogP contribution in [0.4, 0.5) is 0 Å².